The van der Waals surface area contributed by atoms with Gasteiger partial charge in [0.2, 0.25) is 5.95 Å². The van der Waals surface area contributed by atoms with Gasteiger partial charge in [-0.05, 0) is 40.5 Å². The van der Waals surface area contributed by atoms with E-state index in [9.17, 15) is 0 Å². The van der Waals surface area contributed by atoms with E-state index in [0.717, 1.165) is 37.5 Å². The molecule has 0 unspecified atom stereocenters. The summed E-state index contributed by atoms with van der Waals surface area (Å²) in [5, 5.41) is 0. The average molecular weight is 319 g/mol. The topological polar surface area (TPSA) is 56.7 Å². The maximum Gasteiger partial charge on any atom is 0.498 e. The van der Waals surface area contributed by atoms with Gasteiger partial charge in [0, 0.05) is 44.2 Å². The molecule has 3 heterocycles. The Morgan fingerprint density at radius 2 is 1.57 bits per heavy atom. The highest BCUT2D eigenvalue weighted by molar-refractivity contribution is 6.61. The van der Waals surface area contributed by atoms with E-state index in [4.69, 9.17) is 14.0 Å². The standard InChI is InChI=1S/C16H26BN3O3/c1-15(2)16(3,4)23-17(22-15)12-10-18-14(19-11-12)20(5)13-6-8-21-9-7-13/h10-11,13H,6-9H2,1-5H3. The Morgan fingerprint density at radius 1 is 1.04 bits per heavy atom. The first-order valence-corrected chi connectivity index (χ1v) is 8.28. The van der Waals surface area contributed by atoms with Crippen molar-refractivity contribution in [1.29, 1.82) is 0 Å². The molecular weight excluding hydrogens is 293 g/mol. The minimum absolute atomic E-state index is 0.352. The number of ether oxygens (including phenoxy) is 1. The zero-order valence-electron chi connectivity index (χ0n) is 14.7. The van der Waals surface area contributed by atoms with Crippen molar-refractivity contribution in [2.24, 2.45) is 0 Å². The Hall–Kier alpha value is -1.18. The lowest BCUT2D eigenvalue weighted by molar-refractivity contribution is 0.00578. The molecule has 6 nitrogen and oxygen atoms in total. The van der Waals surface area contributed by atoms with Crippen LogP contribution >= 0.6 is 0 Å². The van der Waals surface area contributed by atoms with Gasteiger partial charge in [0.25, 0.3) is 0 Å². The van der Waals surface area contributed by atoms with Gasteiger partial charge in [0.15, 0.2) is 0 Å². The summed E-state index contributed by atoms with van der Waals surface area (Å²) >= 11 is 0. The van der Waals surface area contributed by atoms with Crippen molar-refractivity contribution >= 4 is 18.5 Å². The van der Waals surface area contributed by atoms with E-state index in [-0.39, 0.29) is 11.2 Å². The molecule has 0 atom stereocenters. The zero-order valence-corrected chi connectivity index (χ0v) is 14.7. The molecule has 1 aromatic rings. The van der Waals surface area contributed by atoms with E-state index in [0.29, 0.717) is 6.04 Å². The van der Waals surface area contributed by atoms with Crippen molar-refractivity contribution in [3.05, 3.63) is 12.4 Å². The summed E-state index contributed by atoms with van der Waals surface area (Å²) in [6.45, 7) is 9.78. The normalized spacial score (nSPS) is 24.0. The van der Waals surface area contributed by atoms with Gasteiger partial charge in [-0.3, -0.25) is 0 Å². The van der Waals surface area contributed by atoms with E-state index in [1.54, 1.807) is 12.4 Å². The van der Waals surface area contributed by atoms with Gasteiger partial charge in [-0.1, -0.05) is 0 Å². The molecule has 0 N–H and O–H groups in total. The van der Waals surface area contributed by atoms with Gasteiger partial charge in [-0.25, -0.2) is 9.97 Å². The summed E-state index contributed by atoms with van der Waals surface area (Å²) in [6.07, 6.45) is 5.64. The molecule has 0 spiro atoms. The minimum atomic E-state index is -0.414. The van der Waals surface area contributed by atoms with Gasteiger partial charge in [-0.15, -0.1) is 0 Å². The first-order chi connectivity index (χ1) is 10.8. The highest BCUT2D eigenvalue weighted by atomic mass is 16.7. The summed E-state index contributed by atoms with van der Waals surface area (Å²) in [5.41, 5.74) is 0.151. The van der Waals surface area contributed by atoms with Gasteiger partial charge in [-0.2, -0.15) is 0 Å². The van der Waals surface area contributed by atoms with Crippen LogP contribution in [-0.2, 0) is 14.0 Å². The Balaban J connectivity index is 1.70. The largest absolute Gasteiger partial charge is 0.498 e. The number of nitrogens with zero attached hydrogens (tertiary/aromatic N) is 3. The van der Waals surface area contributed by atoms with Crippen LogP contribution < -0.4 is 10.4 Å². The van der Waals surface area contributed by atoms with Crippen LogP contribution in [0.5, 0.6) is 0 Å². The number of rotatable bonds is 3. The lowest BCUT2D eigenvalue weighted by atomic mass is 9.81. The summed E-state index contributed by atoms with van der Waals surface area (Å²) in [4.78, 5) is 11.2. The molecule has 0 aromatic carbocycles. The van der Waals surface area contributed by atoms with Crippen molar-refractivity contribution in [2.75, 3.05) is 25.2 Å². The molecule has 3 rings (SSSR count). The van der Waals surface area contributed by atoms with Crippen LogP contribution in [0, 0.1) is 0 Å². The Labute approximate surface area is 138 Å². The van der Waals surface area contributed by atoms with E-state index in [2.05, 4.69) is 14.9 Å². The van der Waals surface area contributed by atoms with Crippen LogP contribution in [-0.4, -0.2) is 54.6 Å². The van der Waals surface area contributed by atoms with Crippen molar-refractivity contribution < 1.29 is 14.0 Å². The monoisotopic (exact) mass is 319 g/mol. The van der Waals surface area contributed by atoms with Crippen LogP contribution in [0.25, 0.3) is 0 Å². The predicted molar refractivity (Wildman–Crippen MR) is 90.0 cm³/mol. The fourth-order valence-electron chi connectivity index (χ4n) is 2.85. The molecule has 126 valence electrons. The van der Waals surface area contributed by atoms with E-state index < -0.39 is 7.12 Å². The van der Waals surface area contributed by atoms with Gasteiger partial charge in [0.05, 0.1) is 11.2 Å². The first-order valence-electron chi connectivity index (χ1n) is 8.28. The molecule has 2 fully saturated rings. The summed E-state index contributed by atoms with van der Waals surface area (Å²) < 4.78 is 17.5. The Kier molecular flexibility index (Phi) is 4.38. The molecule has 0 aliphatic carbocycles. The van der Waals surface area contributed by atoms with E-state index in [1.807, 2.05) is 34.7 Å². The van der Waals surface area contributed by atoms with E-state index >= 15 is 0 Å². The van der Waals surface area contributed by atoms with Gasteiger partial charge in [0.1, 0.15) is 0 Å². The summed E-state index contributed by atoms with van der Waals surface area (Å²) in [7, 11) is 1.63. The van der Waals surface area contributed by atoms with Crippen molar-refractivity contribution in [2.45, 2.75) is 57.8 Å². The van der Waals surface area contributed by atoms with Crippen LogP contribution in [0.4, 0.5) is 5.95 Å². The molecule has 2 saturated heterocycles. The third-order valence-corrected chi connectivity index (χ3v) is 5.24. The van der Waals surface area contributed by atoms with Crippen LogP contribution in [0.1, 0.15) is 40.5 Å². The van der Waals surface area contributed by atoms with Crippen LogP contribution in [0.15, 0.2) is 12.4 Å². The second kappa shape index (κ2) is 6.04. The Morgan fingerprint density at radius 3 is 2.09 bits per heavy atom. The molecule has 7 heteroatoms. The molecule has 2 aliphatic heterocycles. The number of anilines is 1. The fourth-order valence-corrected chi connectivity index (χ4v) is 2.85. The van der Waals surface area contributed by atoms with Crippen molar-refractivity contribution in [1.82, 2.24) is 9.97 Å². The van der Waals surface area contributed by atoms with Crippen molar-refractivity contribution in [3.63, 3.8) is 0 Å². The summed E-state index contributed by atoms with van der Waals surface area (Å²) in [6, 6.07) is 0.437. The number of hydrogen-bond acceptors (Lipinski definition) is 6. The highest BCUT2D eigenvalue weighted by Crippen LogP contribution is 2.36. The zero-order chi connectivity index (χ0) is 16.7. The van der Waals surface area contributed by atoms with E-state index in [1.165, 1.54) is 0 Å². The highest BCUT2D eigenvalue weighted by Gasteiger charge is 2.52. The first kappa shape index (κ1) is 16.7. The third kappa shape index (κ3) is 3.23. The minimum Gasteiger partial charge on any atom is -0.399 e. The Bertz CT molecular complexity index is 528. The predicted octanol–water partition coefficient (Wildman–Crippen LogP) is 1.39. The molecule has 0 saturated carbocycles. The molecule has 0 amide bonds. The molecule has 0 bridgehead atoms. The lowest BCUT2D eigenvalue weighted by Crippen LogP contribution is -2.41. The van der Waals surface area contributed by atoms with Gasteiger partial charge < -0.3 is 18.9 Å². The fraction of sp³-hybridized carbons (Fsp3) is 0.750. The summed E-state index contributed by atoms with van der Waals surface area (Å²) in [5.74, 6) is 0.733. The smallest absolute Gasteiger partial charge is 0.399 e. The maximum absolute atomic E-state index is 6.03. The number of aromatic nitrogens is 2. The third-order valence-electron chi connectivity index (χ3n) is 5.24. The quantitative estimate of drug-likeness (QED) is 0.785. The average Bonchev–Trinajstić information content (AvgIpc) is 2.76. The van der Waals surface area contributed by atoms with Crippen molar-refractivity contribution in [3.8, 4) is 0 Å². The number of hydrogen-bond donors (Lipinski definition) is 0. The second-order valence-electron chi connectivity index (χ2n) is 7.36. The maximum atomic E-state index is 6.03. The second-order valence-corrected chi connectivity index (χ2v) is 7.36. The molecule has 0 radical (unpaired) electrons. The van der Waals surface area contributed by atoms with Crippen LogP contribution in [0.2, 0.25) is 0 Å². The SMILES string of the molecule is CN(c1ncc(B2OC(C)(C)C(C)(C)O2)cn1)C1CCOCC1. The van der Waals surface area contributed by atoms with Crippen LogP contribution in [0.3, 0.4) is 0 Å². The molecule has 2 aliphatic rings. The molecule has 23 heavy (non-hydrogen) atoms. The lowest BCUT2D eigenvalue weighted by Gasteiger charge is -2.32. The molecular formula is C16H26BN3O3. The van der Waals surface area contributed by atoms with Gasteiger partial charge >= 0.3 is 7.12 Å². The molecule has 1 aromatic heterocycles.